The lowest BCUT2D eigenvalue weighted by Crippen LogP contribution is -2.05. The number of anilines is 1. The van der Waals surface area contributed by atoms with Crippen LogP contribution in [-0.2, 0) is 13.5 Å². The van der Waals surface area contributed by atoms with Crippen molar-refractivity contribution < 1.29 is 0 Å². The summed E-state index contributed by atoms with van der Waals surface area (Å²) in [5.41, 5.74) is 1.18. The minimum atomic E-state index is 0.522. The number of hydrogen-bond acceptors (Lipinski definition) is 5. The highest BCUT2D eigenvalue weighted by Gasteiger charge is 1.98. The SMILES string of the molecule is Cn1cc(CCNc2nn[nH]n2)cn1. The topological polar surface area (TPSA) is 84.3 Å². The third kappa shape index (κ3) is 2.06. The summed E-state index contributed by atoms with van der Waals surface area (Å²) in [5.74, 6) is 0.522. The standard InChI is InChI=1S/C7H11N7/c1-14-5-6(4-9-14)2-3-8-7-10-12-13-11-7/h4-5H,2-3H2,1H3,(H2,8,10,11,12,13). The van der Waals surface area contributed by atoms with E-state index in [2.05, 4.69) is 31.0 Å². The fourth-order valence-electron chi connectivity index (χ4n) is 1.16. The largest absolute Gasteiger partial charge is 0.351 e. The lowest BCUT2D eigenvalue weighted by molar-refractivity contribution is 0.766. The average Bonchev–Trinajstić information content (AvgIpc) is 2.77. The molecule has 0 amide bonds. The summed E-state index contributed by atoms with van der Waals surface area (Å²) in [6, 6.07) is 0. The number of H-pyrrole nitrogens is 1. The molecule has 2 heterocycles. The molecule has 7 heteroatoms. The molecule has 0 saturated heterocycles. The second-order valence-corrected chi connectivity index (χ2v) is 2.93. The lowest BCUT2D eigenvalue weighted by atomic mass is 10.2. The van der Waals surface area contributed by atoms with Gasteiger partial charge in [-0.15, -0.1) is 5.10 Å². The van der Waals surface area contributed by atoms with Gasteiger partial charge in [-0.25, -0.2) is 0 Å². The number of hydrogen-bond donors (Lipinski definition) is 2. The van der Waals surface area contributed by atoms with Crippen LogP contribution in [0.1, 0.15) is 5.56 Å². The van der Waals surface area contributed by atoms with Crippen LogP contribution in [0, 0.1) is 0 Å². The van der Waals surface area contributed by atoms with E-state index in [4.69, 9.17) is 0 Å². The van der Waals surface area contributed by atoms with E-state index in [9.17, 15) is 0 Å². The van der Waals surface area contributed by atoms with Gasteiger partial charge in [-0.1, -0.05) is 5.10 Å². The minimum absolute atomic E-state index is 0.522. The molecule has 0 aliphatic rings. The number of nitrogens with one attached hydrogen (secondary N) is 2. The van der Waals surface area contributed by atoms with E-state index in [0.717, 1.165) is 13.0 Å². The maximum atomic E-state index is 4.07. The molecular formula is C7H11N7. The maximum Gasteiger partial charge on any atom is 0.263 e. The minimum Gasteiger partial charge on any atom is -0.351 e. The Morgan fingerprint density at radius 3 is 3.14 bits per heavy atom. The molecule has 14 heavy (non-hydrogen) atoms. The quantitative estimate of drug-likeness (QED) is 0.689. The van der Waals surface area contributed by atoms with Crippen LogP contribution in [0.15, 0.2) is 12.4 Å². The van der Waals surface area contributed by atoms with Crippen molar-refractivity contribution in [2.45, 2.75) is 6.42 Å². The van der Waals surface area contributed by atoms with Gasteiger partial charge in [0.2, 0.25) is 0 Å². The van der Waals surface area contributed by atoms with Crippen LogP contribution in [0.25, 0.3) is 0 Å². The molecule has 0 spiro atoms. The van der Waals surface area contributed by atoms with E-state index in [0.29, 0.717) is 5.95 Å². The second-order valence-electron chi connectivity index (χ2n) is 2.93. The smallest absolute Gasteiger partial charge is 0.263 e. The van der Waals surface area contributed by atoms with E-state index < -0.39 is 0 Å². The fourth-order valence-corrected chi connectivity index (χ4v) is 1.16. The first-order valence-electron chi connectivity index (χ1n) is 4.29. The van der Waals surface area contributed by atoms with Crippen molar-refractivity contribution in [1.29, 1.82) is 0 Å². The van der Waals surface area contributed by atoms with Gasteiger partial charge in [-0.2, -0.15) is 10.3 Å². The van der Waals surface area contributed by atoms with Gasteiger partial charge in [0.1, 0.15) is 0 Å². The molecule has 0 aromatic carbocycles. The molecule has 74 valence electrons. The zero-order chi connectivity index (χ0) is 9.80. The summed E-state index contributed by atoms with van der Waals surface area (Å²) in [4.78, 5) is 0. The van der Waals surface area contributed by atoms with Gasteiger partial charge in [0.25, 0.3) is 5.95 Å². The molecule has 7 nitrogen and oxygen atoms in total. The molecule has 0 radical (unpaired) electrons. The van der Waals surface area contributed by atoms with Gasteiger partial charge in [-0.3, -0.25) is 4.68 Å². The molecule has 0 unspecified atom stereocenters. The zero-order valence-electron chi connectivity index (χ0n) is 7.80. The fraction of sp³-hybridized carbons (Fsp3) is 0.429. The first-order chi connectivity index (χ1) is 6.84. The van der Waals surface area contributed by atoms with Crippen LogP contribution in [0.4, 0.5) is 5.95 Å². The monoisotopic (exact) mass is 193 g/mol. The number of rotatable bonds is 4. The molecular weight excluding hydrogens is 182 g/mol. The zero-order valence-corrected chi connectivity index (χ0v) is 7.80. The highest BCUT2D eigenvalue weighted by molar-refractivity contribution is 5.19. The van der Waals surface area contributed by atoms with Crippen LogP contribution in [0.5, 0.6) is 0 Å². The van der Waals surface area contributed by atoms with Crippen LogP contribution in [0.3, 0.4) is 0 Å². The Kier molecular flexibility index (Phi) is 2.39. The normalized spacial score (nSPS) is 10.4. The third-order valence-corrected chi connectivity index (χ3v) is 1.80. The highest BCUT2D eigenvalue weighted by Crippen LogP contribution is 1.98. The number of tetrazole rings is 1. The summed E-state index contributed by atoms with van der Waals surface area (Å²) in [6.07, 6.45) is 4.72. The van der Waals surface area contributed by atoms with Crippen molar-refractivity contribution >= 4 is 5.95 Å². The number of nitrogens with zero attached hydrogens (tertiary/aromatic N) is 5. The van der Waals surface area contributed by atoms with E-state index in [1.165, 1.54) is 5.56 Å². The summed E-state index contributed by atoms with van der Waals surface area (Å²) in [5, 5.41) is 20.5. The van der Waals surface area contributed by atoms with Crippen LogP contribution < -0.4 is 5.32 Å². The molecule has 2 N–H and O–H groups in total. The van der Waals surface area contributed by atoms with E-state index in [-0.39, 0.29) is 0 Å². The lowest BCUT2D eigenvalue weighted by Gasteiger charge is -1.97. The van der Waals surface area contributed by atoms with Crippen molar-refractivity contribution in [2.24, 2.45) is 7.05 Å². The van der Waals surface area contributed by atoms with E-state index >= 15 is 0 Å². The molecule has 0 bridgehead atoms. The Bertz CT molecular complexity index is 376. The molecule has 2 rings (SSSR count). The second kappa shape index (κ2) is 3.86. The molecule has 0 fully saturated rings. The average molecular weight is 193 g/mol. The van der Waals surface area contributed by atoms with Crippen LogP contribution >= 0.6 is 0 Å². The summed E-state index contributed by atoms with van der Waals surface area (Å²) < 4.78 is 1.78. The Balaban J connectivity index is 1.78. The van der Waals surface area contributed by atoms with Gasteiger partial charge in [0.05, 0.1) is 6.20 Å². The maximum absolute atomic E-state index is 4.07. The summed E-state index contributed by atoms with van der Waals surface area (Å²) in [7, 11) is 1.90. The van der Waals surface area contributed by atoms with Crippen LogP contribution in [0.2, 0.25) is 0 Å². The van der Waals surface area contributed by atoms with Gasteiger partial charge in [0, 0.05) is 19.8 Å². The number of aromatic nitrogens is 6. The van der Waals surface area contributed by atoms with Crippen molar-refractivity contribution in [1.82, 2.24) is 30.4 Å². The summed E-state index contributed by atoms with van der Waals surface area (Å²) in [6.45, 7) is 0.769. The van der Waals surface area contributed by atoms with Crippen molar-refractivity contribution in [3.8, 4) is 0 Å². The van der Waals surface area contributed by atoms with Crippen LogP contribution in [-0.4, -0.2) is 36.9 Å². The predicted molar refractivity (Wildman–Crippen MR) is 49.6 cm³/mol. The Hall–Kier alpha value is -1.92. The molecule has 2 aromatic heterocycles. The summed E-state index contributed by atoms with van der Waals surface area (Å²) >= 11 is 0. The molecule has 2 aromatic rings. The third-order valence-electron chi connectivity index (χ3n) is 1.80. The van der Waals surface area contributed by atoms with Crippen molar-refractivity contribution in [2.75, 3.05) is 11.9 Å². The van der Waals surface area contributed by atoms with E-state index in [1.54, 1.807) is 4.68 Å². The molecule has 0 aliphatic carbocycles. The predicted octanol–water partition coefficient (Wildman–Crippen LogP) is -0.412. The first kappa shape index (κ1) is 8.67. The molecule has 0 aliphatic heterocycles. The first-order valence-corrected chi connectivity index (χ1v) is 4.29. The highest BCUT2D eigenvalue weighted by atomic mass is 15.5. The van der Waals surface area contributed by atoms with Gasteiger partial charge in [0.15, 0.2) is 0 Å². The van der Waals surface area contributed by atoms with Gasteiger partial charge < -0.3 is 5.32 Å². The van der Waals surface area contributed by atoms with Gasteiger partial charge >= 0.3 is 0 Å². The number of aromatic amines is 1. The Morgan fingerprint density at radius 1 is 1.57 bits per heavy atom. The Morgan fingerprint density at radius 2 is 2.50 bits per heavy atom. The number of aryl methyl sites for hydroxylation is 1. The van der Waals surface area contributed by atoms with Crippen molar-refractivity contribution in [3.05, 3.63) is 18.0 Å². The van der Waals surface area contributed by atoms with E-state index in [1.807, 2.05) is 19.4 Å². The molecule has 0 saturated carbocycles. The van der Waals surface area contributed by atoms with Crippen molar-refractivity contribution in [3.63, 3.8) is 0 Å². The van der Waals surface area contributed by atoms with Gasteiger partial charge in [-0.05, 0) is 17.2 Å². The molecule has 0 atom stereocenters. The Labute approximate surface area is 80.5 Å².